The fraction of sp³-hybridized carbons (Fsp3) is 0.727. The van der Waals surface area contributed by atoms with Gasteiger partial charge in [-0.2, -0.15) is 0 Å². The number of rotatable bonds is 9. The molecule has 0 saturated carbocycles. The van der Waals surface area contributed by atoms with Gasteiger partial charge in [-0.3, -0.25) is 9.80 Å². The van der Waals surface area contributed by atoms with Crippen molar-refractivity contribution >= 4 is 0 Å². The van der Waals surface area contributed by atoms with E-state index in [0.717, 1.165) is 24.3 Å². The van der Waals surface area contributed by atoms with Gasteiger partial charge in [0.1, 0.15) is 0 Å². The largest absolute Gasteiger partial charge is 0.493 e. The molecule has 8 heteroatoms. The SMILES string of the molecule is COc1cc(CN2C[C@H](O)[C@@H](N3CCC(F)(F)CC3)C2)ccc1OCCCN(C)C. The van der Waals surface area contributed by atoms with Crippen LogP contribution in [0.4, 0.5) is 8.78 Å². The molecule has 2 heterocycles. The maximum Gasteiger partial charge on any atom is 0.250 e. The minimum Gasteiger partial charge on any atom is -0.493 e. The molecule has 0 aliphatic carbocycles. The van der Waals surface area contributed by atoms with E-state index in [4.69, 9.17) is 9.47 Å². The molecule has 2 aliphatic rings. The topological polar surface area (TPSA) is 48.4 Å². The second-order valence-corrected chi connectivity index (χ2v) is 8.71. The predicted octanol–water partition coefficient (Wildman–Crippen LogP) is 2.30. The number of methoxy groups -OCH3 is 1. The Hall–Kier alpha value is -1.48. The summed E-state index contributed by atoms with van der Waals surface area (Å²) in [4.78, 5) is 6.32. The predicted molar refractivity (Wildman–Crippen MR) is 112 cm³/mol. The third kappa shape index (κ3) is 6.26. The average Bonchev–Trinajstić information content (AvgIpc) is 3.05. The molecule has 6 nitrogen and oxygen atoms in total. The molecule has 0 unspecified atom stereocenters. The molecule has 2 atom stereocenters. The Bertz CT molecular complexity index is 680. The van der Waals surface area contributed by atoms with Crippen LogP contribution in [0.25, 0.3) is 0 Å². The van der Waals surface area contributed by atoms with Gasteiger partial charge in [0, 0.05) is 58.2 Å². The Morgan fingerprint density at radius 1 is 1.17 bits per heavy atom. The van der Waals surface area contributed by atoms with Crippen molar-refractivity contribution in [2.75, 3.05) is 60.5 Å². The minimum atomic E-state index is -2.56. The highest BCUT2D eigenvalue weighted by atomic mass is 19.3. The van der Waals surface area contributed by atoms with Gasteiger partial charge in [-0.1, -0.05) is 6.07 Å². The second kappa shape index (κ2) is 10.2. The molecule has 30 heavy (non-hydrogen) atoms. The summed E-state index contributed by atoms with van der Waals surface area (Å²) < 4.78 is 38.2. The lowest BCUT2D eigenvalue weighted by Gasteiger charge is -2.36. The first-order valence-electron chi connectivity index (χ1n) is 10.7. The summed E-state index contributed by atoms with van der Waals surface area (Å²) >= 11 is 0. The molecule has 170 valence electrons. The maximum atomic E-state index is 13.4. The number of halogens is 2. The van der Waals surface area contributed by atoms with Crippen LogP contribution in [0.1, 0.15) is 24.8 Å². The molecule has 3 rings (SSSR count). The standard InChI is InChI=1S/C22H35F2N3O3/c1-25(2)9-4-12-30-20-6-5-17(13-21(20)29-3)14-26-15-18(19(28)16-26)27-10-7-22(23,24)8-11-27/h5-6,13,18-19,28H,4,7-12,14-16H2,1-3H3/t18-,19-/m0/s1. The highest BCUT2D eigenvalue weighted by molar-refractivity contribution is 5.43. The number of nitrogens with zero attached hydrogens (tertiary/aromatic N) is 3. The van der Waals surface area contributed by atoms with Gasteiger partial charge >= 0.3 is 0 Å². The van der Waals surface area contributed by atoms with E-state index in [-0.39, 0.29) is 18.9 Å². The molecule has 0 radical (unpaired) electrons. The number of alkyl halides is 2. The molecule has 1 aromatic rings. The van der Waals surface area contributed by atoms with Crippen molar-refractivity contribution in [3.8, 4) is 11.5 Å². The van der Waals surface area contributed by atoms with E-state index in [2.05, 4.69) is 9.80 Å². The number of ether oxygens (including phenoxy) is 2. The van der Waals surface area contributed by atoms with Crippen LogP contribution in [0.3, 0.4) is 0 Å². The molecule has 0 spiro atoms. The summed E-state index contributed by atoms with van der Waals surface area (Å²) in [5, 5.41) is 10.5. The summed E-state index contributed by atoms with van der Waals surface area (Å²) in [6, 6.07) is 5.84. The smallest absolute Gasteiger partial charge is 0.250 e. The van der Waals surface area contributed by atoms with Crippen LogP contribution in [0.2, 0.25) is 0 Å². The first kappa shape index (κ1) is 23.2. The first-order valence-corrected chi connectivity index (χ1v) is 10.7. The lowest BCUT2D eigenvalue weighted by Crippen LogP contribution is -2.49. The van der Waals surface area contributed by atoms with Crippen LogP contribution >= 0.6 is 0 Å². The van der Waals surface area contributed by atoms with Crippen LogP contribution < -0.4 is 9.47 Å². The van der Waals surface area contributed by atoms with Gasteiger partial charge in [-0.05, 0) is 38.2 Å². The van der Waals surface area contributed by atoms with Gasteiger partial charge in [-0.15, -0.1) is 0 Å². The Labute approximate surface area is 178 Å². The van der Waals surface area contributed by atoms with E-state index in [9.17, 15) is 13.9 Å². The molecular formula is C22H35F2N3O3. The molecule has 0 aromatic heterocycles. The number of hydrogen-bond donors (Lipinski definition) is 1. The van der Waals surface area contributed by atoms with Gasteiger partial charge < -0.3 is 19.5 Å². The van der Waals surface area contributed by atoms with Gasteiger partial charge in [0.2, 0.25) is 0 Å². The number of aliphatic hydroxyl groups is 1. The van der Waals surface area contributed by atoms with Crippen molar-refractivity contribution in [1.29, 1.82) is 0 Å². The third-order valence-corrected chi connectivity index (χ3v) is 5.97. The monoisotopic (exact) mass is 427 g/mol. The van der Waals surface area contributed by atoms with Crippen molar-refractivity contribution in [2.24, 2.45) is 0 Å². The normalized spacial score (nSPS) is 25.0. The Morgan fingerprint density at radius 2 is 1.90 bits per heavy atom. The highest BCUT2D eigenvalue weighted by Crippen LogP contribution is 2.32. The van der Waals surface area contributed by atoms with Crippen molar-refractivity contribution in [2.45, 2.75) is 43.9 Å². The summed E-state index contributed by atoms with van der Waals surface area (Å²) in [7, 11) is 5.71. The Balaban J connectivity index is 1.53. The molecular weight excluding hydrogens is 392 g/mol. The first-order chi connectivity index (χ1) is 14.3. The van der Waals surface area contributed by atoms with E-state index >= 15 is 0 Å². The van der Waals surface area contributed by atoms with Crippen LogP contribution in [0, 0.1) is 0 Å². The highest BCUT2D eigenvalue weighted by Gasteiger charge is 2.41. The molecule has 2 saturated heterocycles. The number of β-amino-alcohol motifs (C(OH)–C–C–N with tert-alkyl or cyclic N) is 1. The summed E-state index contributed by atoms with van der Waals surface area (Å²) in [6.07, 6.45) is 0.179. The summed E-state index contributed by atoms with van der Waals surface area (Å²) in [6.45, 7) is 4.18. The van der Waals surface area contributed by atoms with Gasteiger partial charge in [0.05, 0.1) is 19.8 Å². The van der Waals surface area contributed by atoms with Crippen LogP contribution in [-0.4, -0.2) is 98.4 Å². The number of likely N-dealkylation sites (tertiary alicyclic amines) is 2. The van der Waals surface area contributed by atoms with Crippen molar-refractivity contribution in [3.05, 3.63) is 23.8 Å². The maximum absolute atomic E-state index is 13.4. The Kier molecular flexibility index (Phi) is 7.90. The zero-order valence-electron chi connectivity index (χ0n) is 18.3. The molecule has 0 amide bonds. The number of hydrogen-bond acceptors (Lipinski definition) is 6. The van der Waals surface area contributed by atoms with Crippen molar-refractivity contribution < 1.29 is 23.4 Å². The minimum absolute atomic E-state index is 0.0812. The second-order valence-electron chi connectivity index (χ2n) is 8.71. The fourth-order valence-electron chi connectivity index (χ4n) is 4.27. The van der Waals surface area contributed by atoms with E-state index in [1.54, 1.807) is 7.11 Å². The van der Waals surface area contributed by atoms with Gasteiger partial charge in [-0.25, -0.2) is 8.78 Å². The number of aliphatic hydroxyl groups excluding tert-OH is 1. The van der Waals surface area contributed by atoms with E-state index in [0.29, 0.717) is 45.1 Å². The quantitative estimate of drug-likeness (QED) is 0.611. The van der Waals surface area contributed by atoms with E-state index in [1.165, 1.54) is 0 Å². The van der Waals surface area contributed by atoms with Gasteiger partial charge in [0.25, 0.3) is 5.92 Å². The van der Waals surface area contributed by atoms with Gasteiger partial charge in [0.15, 0.2) is 11.5 Å². The molecule has 2 aliphatic heterocycles. The third-order valence-electron chi connectivity index (χ3n) is 5.97. The van der Waals surface area contributed by atoms with Crippen LogP contribution in [0.15, 0.2) is 18.2 Å². The lowest BCUT2D eigenvalue weighted by atomic mass is 10.0. The zero-order valence-corrected chi connectivity index (χ0v) is 18.3. The molecule has 1 aromatic carbocycles. The average molecular weight is 428 g/mol. The fourth-order valence-corrected chi connectivity index (χ4v) is 4.27. The molecule has 2 fully saturated rings. The zero-order chi connectivity index (χ0) is 21.7. The van der Waals surface area contributed by atoms with Crippen molar-refractivity contribution in [1.82, 2.24) is 14.7 Å². The molecule has 0 bridgehead atoms. The van der Waals surface area contributed by atoms with E-state index in [1.807, 2.05) is 37.2 Å². The summed E-state index contributed by atoms with van der Waals surface area (Å²) in [5.41, 5.74) is 1.07. The molecule has 1 N–H and O–H groups in total. The van der Waals surface area contributed by atoms with Crippen molar-refractivity contribution in [3.63, 3.8) is 0 Å². The number of piperidine rings is 1. The number of benzene rings is 1. The van der Waals surface area contributed by atoms with E-state index < -0.39 is 12.0 Å². The van der Waals surface area contributed by atoms with Crippen LogP contribution in [0.5, 0.6) is 11.5 Å². The Morgan fingerprint density at radius 3 is 2.57 bits per heavy atom. The lowest BCUT2D eigenvalue weighted by molar-refractivity contribution is -0.0698. The summed E-state index contributed by atoms with van der Waals surface area (Å²) in [5.74, 6) is -1.13. The van der Waals surface area contributed by atoms with Crippen LogP contribution in [-0.2, 0) is 6.54 Å².